The summed E-state index contributed by atoms with van der Waals surface area (Å²) in [5.41, 5.74) is 3.54. The molecule has 36 heavy (non-hydrogen) atoms. The van der Waals surface area contributed by atoms with E-state index in [4.69, 9.17) is 10.00 Å². The number of aromatic nitrogens is 3. The van der Waals surface area contributed by atoms with E-state index >= 15 is 0 Å². The fourth-order valence-corrected chi connectivity index (χ4v) is 3.76. The summed E-state index contributed by atoms with van der Waals surface area (Å²) in [6, 6.07) is 22.1. The third-order valence-electron chi connectivity index (χ3n) is 5.74. The van der Waals surface area contributed by atoms with Crippen molar-refractivity contribution in [1.29, 1.82) is 5.26 Å². The lowest BCUT2D eigenvalue weighted by molar-refractivity contribution is -0.118. The minimum Gasteiger partial charge on any atom is -0.484 e. The number of aryl methyl sites for hydroxylation is 1. The van der Waals surface area contributed by atoms with Gasteiger partial charge in [-0.15, -0.1) is 0 Å². The molecule has 0 aliphatic heterocycles. The highest BCUT2D eigenvalue weighted by Crippen LogP contribution is 2.22. The molecule has 8 heteroatoms. The van der Waals surface area contributed by atoms with Crippen LogP contribution in [0.4, 0.5) is 5.82 Å². The molecule has 2 N–H and O–H groups in total. The van der Waals surface area contributed by atoms with Crippen molar-refractivity contribution >= 4 is 11.7 Å². The lowest BCUT2D eigenvalue weighted by Crippen LogP contribution is -2.34. The molecule has 0 unspecified atom stereocenters. The van der Waals surface area contributed by atoms with E-state index < -0.39 is 6.04 Å². The molecule has 4 aromatic rings. The van der Waals surface area contributed by atoms with Gasteiger partial charge in [-0.2, -0.15) is 10.4 Å². The molecule has 0 saturated heterocycles. The number of hydrogen-bond donors (Lipinski definition) is 2. The van der Waals surface area contributed by atoms with Gasteiger partial charge in [0, 0.05) is 25.4 Å². The topological polar surface area (TPSA) is 105 Å². The molecule has 1 amide bonds. The van der Waals surface area contributed by atoms with Crippen LogP contribution in [-0.2, 0) is 18.3 Å². The maximum Gasteiger partial charge on any atom is 0.247 e. The maximum absolute atomic E-state index is 13.2. The first-order valence-corrected chi connectivity index (χ1v) is 11.7. The Morgan fingerprint density at radius 2 is 1.83 bits per heavy atom. The Kier molecular flexibility index (Phi) is 8.06. The molecular formula is C28H28N6O2. The van der Waals surface area contributed by atoms with Crippen molar-refractivity contribution in [2.24, 2.45) is 7.05 Å². The minimum atomic E-state index is -0.548. The van der Waals surface area contributed by atoms with Crippen LogP contribution in [0.2, 0.25) is 0 Å². The first-order chi connectivity index (χ1) is 17.5. The molecule has 2 atom stereocenters. The van der Waals surface area contributed by atoms with E-state index in [0.29, 0.717) is 23.7 Å². The van der Waals surface area contributed by atoms with Crippen molar-refractivity contribution in [3.05, 3.63) is 108 Å². The number of amides is 1. The van der Waals surface area contributed by atoms with E-state index in [1.807, 2.05) is 62.6 Å². The Hall–Kier alpha value is -4.48. The van der Waals surface area contributed by atoms with Crippen molar-refractivity contribution < 1.29 is 9.53 Å². The highest BCUT2D eigenvalue weighted by molar-refractivity contribution is 5.94. The van der Waals surface area contributed by atoms with Gasteiger partial charge in [-0.3, -0.25) is 9.48 Å². The zero-order valence-corrected chi connectivity index (χ0v) is 20.3. The third-order valence-corrected chi connectivity index (χ3v) is 5.74. The number of nitrogens with one attached hydrogen (secondary N) is 2. The molecule has 0 fully saturated rings. The molecule has 0 aliphatic rings. The van der Waals surface area contributed by atoms with Gasteiger partial charge in [-0.05, 0) is 48.7 Å². The van der Waals surface area contributed by atoms with Crippen molar-refractivity contribution in [2.75, 3.05) is 11.9 Å². The van der Waals surface area contributed by atoms with Gasteiger partial charge in [0.2, 0.25) is 5.91 Å². The van der Waals surface area contributed by atoms with Gasteiger partial charge in [-0.1, -0.05) is 42.5 Å². The number of anilines is 1. The largest absolute Gasteiger partial charge is 0.484 e. The van der Waals surface area contributed by atoms with Crippen molar-refractivity contribution in [3.63, 3.8) is 0 Å². The van der Waals surface area contributed by atoms with Crippen LogP contribution in [0.5, 0.6) is 5.75 Å². The molecule has 2 aromatic carbocycles. The maximum atomic E-state index is 13.2. The lowest BCUT2D eigenvalue weighted by atomic mass is 10.1. The number of hydrogen-bond acceptors (Lipinski definition) is 6. The molecule has 0 aliphatic carbocycles. The fraction of sp³-hybridized carbons (Fsp3) is 0.214. The second-order valence-electron chi connectivity index (χ2n) is 8.43. The summed E-state index contributed by atoms with van der Waals surface area (Å²) in [4.78, 5) is 17.6. The van der Waals surface area contributed by atoms with E-state index in [1.54, 1.807) is 41.3 Å². The van der Waals surface area contributed by atoms with Gasteiger partial charge in [0.05, 0.1) is 24.0 Å². The minimum absolute atomic E-state index is 0.177. The number of nitrogens with zero attached hydrogens (tertiary/aromatic N) is 4. The zero-order valence-electron chi connectivity index (χ0n) is 20.3. The summed E-state index contributed by atoms with van der Waals surface area (Å²) in [6.45, 7) is 2.53. The van der Waals surface area contributed by atoms with Gasteiger partial charge >= 0.3 is 0 Å². The van der Waals surface area contributed by atoms with Gasteiger partial charge in [-0.25, -0.2) is 4.98 Å². The van der Waals surface area contributed by atoms with Gasteiger partial charge < -0.3 is 15.4 Å². The third kappa shape index (κ3) is 6.56. The van der Waals surface area contributed by atoms with Crippen LogP contribution in [0.15, 0.2) is 85.3 Å². The van der Waals surface area contributed by atoms with Gasteiger partial charge in [0.1, 0.15) is 23.7 Å². The fourth-order valence-electron chi connectivity index (χ4n) is 3.76. The first kappa shape index (κ1) is 24.6. The van der Waals surface area contributed by atoms with E-state index in [9.17, 15) is 4.79 Å². The Morgan fingerprint density at radius 1 is 1.06 bits per heavy atom. The highest BCUT2D eigenvalue weighted by atomic mass is 16.5. The molecule has 4 rings (SSSR count). The number of ether oxygens (including phenoxy) is 1. The van der Waals surface area contributed by atoms with E-state index in [2.05, 4.69) is 26.8 Å². The summed E-state index contributed by atoms with van der Waals surface area (Å²) >= 11 is 0. The number of nitriles is 1. The van der Waals surface area contributed by atoms with Crippen LogP contribution in [0, 0.1) is 11.3 Å². The number of pyridine rings is 1. The summed E-state index contributed by atoms with van der Waals surface area (Å²) in [5, 5.41) is 19.4. The van der Waals surface area contributed by atoms with Crippen LogP contribution in [0.1, 0.15) is 41.3 Å². The molecule has 8 nitrogen and oxygen atoms in total. The summed E-state index contributed by atoms with van der Waals surface area (Å²) in [6.07, 6.45) is 5.82. The van der Waals surface area contributed by atoms with E-state index in [1.165, 1.54) is 0 Å². The Labute approximate surface area is 210 Å². The van der Waals surface area contributed by atoms with Crippen LogP contribution in [0.25, 0.3) is 0 Å². The van der Waals surface area contributed by atoms with E-state index in [-0.39, 0.29) is 12.0 Å². The van der Waals surface area contributed by atoms with Crippen molar-refractivity contribution in [2.45, 2.75) is 25.5 Å². The van der Waals surface area contributed by atoms with Crippen molar-refractivity contribution in [1.82, 2.24) is 20.1 Å². The average Bonchev–Trinajstić information content (AvgIpc) is 3.35. The first-order valence-electron chi connectivity index (χ1n) is 11.7. The lowest BCUT2D eigenvalue weighted by Gasteiger charge is -2.19. The normalized spacial score (nSPS) is 12.4. The Bertz CT molecular complexity index is 1310. The number of carbonyl (C=O) groups excluding carboxylic acids is 1. The molecular weight excluding hydrogens is 452 g/mol. The van der Waals surface area contributed by atoms with Crippen LogP contribution in [0.3, 0.4) is 0 Å². The average molecular weight is 481 g/mol. The summed E-state index contributed by atoms with van der Waals surface area (Å²) in [7, 11) is 1.86. The van der Waals surface area contributed by atoms with Gasteiger partial charge in [0.15, 0.2) is 0 Å². The Balaban J connectivity index is 1.37. The number of carbonyl (C=O) groups is 1. The smallest absolute Gasteiger partial charge is 0.247 e. The Morgan fingerprint density at radius 3 is 2.47 bits per heavy atom. The molecule has 2 heterocycles. The second kappa shape index (κ2) is 11.8. The summed E-state index contributed by atoms with van der Waals surface area (Å²) in [5.74, 6) is 0.839. The quantitative estimate of drug-likeness (QED) is 0.350. The zero-order chi connectivity index (χ0) is 25.3. The monoisotopic (exact) mass is 480 g/mol. The van der Waals surface area contributed by atoms with Gasteiger partial charge in [0.25, 0.3) is 0 Å². The molecule has 182 valence electrons. The van der Waals surface area contributed by atoms with Crippen molar-refractivity contribution in [3.8, 4) is 11.8 Å². The number of rotatable bonds is 10. The van der Waals surface area contributed by atoms with Crippen LogP contribution < -0.4 is 15.4 Å². The van der Waals surface area contributed by atoms with E-state index in [0.717, 1.165) is 23.1 Å². The molecule has 0 spiro atoms. The standard InChI is InChI=1S/C28H28N6O2/c1-20(24-17-32-34(2)19-24)36-25-12-13-26(31-18-25)33-28(35)27(23-6-4-3-5-7-23)30-15-14-21-8-10-22(16-29)11-9-21/h3-13,17-20,27,30H,14-15H2,1-2H3,(H,31,33,35)/t20-,27-/m1/s1. The second-order valence-corrected chi connectivity index (χ2v) is 8.43. The predicted octanol–water partition coefficient (Wildman–Crippen LogP) is 4.34. The van der Waals surface area contributed by atoms with Crippen LogP contribution in [-0.4, -0.2) is 27.2 Å². The number of benzene rings is 2. The molecule has 0 saturated carbocycles. The van der Waals surface area contributed by atoms with Crippen LogP contribution >= 0.6 is 0 Å². The molecule has 0 radical (unpaired) electrons. The molecule has 0 bridgehead atoms. The molecule has 2 aromatic heterocycles. The predicted molar refractivity (Wildman–Crippen MR) is 137 cm³/mol. The highest BCUT2D eigenvalue weighted by Gasteiger charge is 2.20. The summed E-state index contributed by atoms with van der Waals surface area (Å²) < 4.78 is 7.67. The SMILES string of the molecule is C[C@@H](Oc1ccc(NC(=O)[C@H](NCCc2ccc(C#N)cc2)c2ccccc2)nc1)c1cnn(C)c1.